The summed E-state index contributed by atoms with van der Waals surface area (Å²) in [6, 6.07) is 134. The summed E-state index contributed by atoms with van der Waals surface area (Å²) in [5.41, 5.74) is 29.4. The lowest BCUT2D eigenvalue weighted by Crippen LogP contribution is -2.32. The van der Waals surface area contributed by atoms with Gasteiger partial charge in [-0.05, 0) is 177 Å². The standard InChI is InChI=1S/C26H20N.C22H18N.C21H18N.C20H16N.C19H20N/c1-27-25-17-8-7-15-23(25)24(18-26(27)20-11-3-2-4-12-20)22-16-9-13-19-10-5-6-14-21(19)22;1-23-21-15-9-8-14-19(21)20(17-10-4-2-5-11-17)16-22(23)18-12-6-3-7-13-18;1-15-11-12-16-7-3-5-9-19(16)21(15)18-13-17-8-4-6-10-20(17)22(2)14-18;1-21-14-17(13-16-8-3-5-12-20(16)21)19-11-6-9-15-7-2-4-10-18(15)19;1-13-9-14(2)19(15(3)10-13)17-11-16-7-5-6-8-18(16)20(4)12-17/h2-18H,1H3;2-16H,1H3;3-14H,1-2H3;2-14H,1H3;5-12H,1-4H3/q5*+1. The number of para-hydroxylation sites is 5. The largest absolute Gasteiger partial charge is 0.213 e. The molecule has 0 fully saturated rings. The summed E-state index contributed by atoms with van der Waals surface area (Å²) >= 11 is 0. The zero-order valence-electron chi connectivity index (χ0n) is 65.8. The molecule has 0 spiro atoms. The fourth-order valence-electron chi connectivity index (χ4n) is 16.7. The van der Waals surface area contributed by atoms with Crippen molar-refractivity contribution in [2.24, 2.45) is 35.2 Å². The fourth-order valence-corrected chi connectivity index (χ4v) is 16.7. The summed E-state index contributed by atoms with van der Waals surface area (Å²) in [6.45, 7) is 8.75. The van der Waals surface area contributed by atoms with Crippen molar-refractivity contribution in [2.75, 3.05) is 0 Å². The van der Waals surface area contributed by atoms with Crippen LogP contribution in [0.2, 0.25) is 0 Å². The summed E-state index contributed by atoms with van der Waals surface area (Å²) in [5.74, 6) is 0. The van der Waals surface area contributed by atoms with E-state index in [0.717, 1.165) is 0 Å². The third kappa shape index (κ3) is 15.3. The minimum absolute atomic E-state index is 1.22. The second-order valence-corrected chi connectivity index (χ2v) is 29.6. The van der Waals surface area contributed by atoms with Gasteiger partial charge in [-0.25, -0.2) is 13.7 Å². The van der Waals surface area contributed by atoms with Gasteiger partial charge in [-0.2, -0.15) is 9.13 Å². The van der Waals surface area contributed by atoms with E-state index >= 15 is 0 Å². The Balaban J connectivity index is 0.000000107. The first kappa shape index (κ1) is 73.3. The van der Waals surface area contributed by atoms with Gasteiger partial charge in [-0.3, -0.25) is 0 Å². The van der Waals surface area contributed by atoms with Crippen molar-refractivity contribution >= 4 is 86.8 Å². The highest BCUT2D eigenvalue weighted by Gasteiger charge is 2.23. The summed E-state index contributed by atoms with van der Waals surface area (Å²) in [6.07, 6.45) is 6.67. The molecule has 15 aromatic carbocycles. The molecule has 0 aliphatic carbocycles. The van der Waals surface area contributed by atoms with Crippen LogP contribution in [0.1, 0.15) is 22.3 Å². The Kier molecular flexibility index (Phi) is 21.2. The number of fused-ring (bicyclic) bond motifs is 8. The summed E-state index contributed by atoms with van der Waals surface area (Å²) in [5, 5.41) is 14.1. The maximum Gasteiger partial charge on any atom is 0.213 e. The number of hydrogen-bond acceptors (Lipinski definition) is 0. The topological polar surface area (TPSA) is 19.4 Å². The number of benzene rings is 15. The number of aryl methyl sites for hydroxylation is 9. The second-order valence-electron chi connectivity index (χ2n) is 29.6. The second kappa shape index (κ2) is 32.8. The average Bonchev–Trinajstić information content (AvgIpc) is 0.855. The van der Waals surface area contributed by atoms with Crippen LogP contribution in [0.4, 0.5) is 0 Å². The molecular formula is C108H92N5+5. The van der Waals surface area contributed by atoms with E-state index in [9.17, 15) is 0 Å². The van der Waals surface area contributed by atoms with Crippen LogP contribution in [-0.2, 0) is 35.2 Å². The molecule has 0 N–H and O–H groups in total. The highest BCUT2D eigenvalue weighted by Crippen LogP contribution is 2.38. The quantitative estimate of drug-likeness (QED) is 0.142. The number of rotatable bonds is 7. The van der Waals surface area contributed by atoms with Crippen LogP contribution in [0.3, 0.4) is 0 Å². The Hall–Kier alpha value is -13.9. The number of nitrogens with zero attached hydrogens (tertiary/aromatic N) is 5. The van der Waals surface area contributed by atoms with Crippen molar-refractivity contribution in [3.8, 4) is 78.1 Å². The van der Waals surface area contributed by atoms with Crippen LogP contribution < -0.4 is 22.8 Å². The van der Waals surface area contributed by atoms with E-state index in [1.165, 1.54) is 187 Å². The normalized spacial score (nSPS) is 11.1. The first-order valence-corrected chi connectivity index (χ1v) is 39.0. The van der Waals surface area contributed by atoms with Gasteiger partial charge in [0.05, 0.1) is 10.8 Å². The lowest BCUT2D eigenvalue weighted by atomic mass is 9.94. The monoisotopic (exact) mass is 1460 g/mol. The van der Waals surface area contributed by atoms with Gasteiger partial charge in [0.2, 0.25) is 39.0 Å². The third-order valence-corrected chi connectivity index (χ3v) is 22.1. The Bertz CT molecular complexity index is 6870. The van der Waals surface area contributed by atoms with E-state index in [1.54, 1.807) is 0 Å². The van der Waals surface area contributed by atoms with Crippen molar-refractivity contribution in [1.82, 2.24) is 0 Å². The lowest BCUT2D eigenvalue weighted by Gasteiger charge is -2.12. The number of pyridine rings is 5. The summed E-state index contributed by atoms with van der Waals surface area (Å²) in [7, 11) is 10.6. The van der Waals surface area contributed by atoms with Gasteiger partial charge in [0.25, 0.3) is 0 Å². The zero-order chi connectivity index (χ0) is 77.5. The van der Waals surface area contributed by atoms with Gasteiger partial charge < -0.3 is 0 Å². The van der Waals surface area contributed by atoms with Crippen LogP contribution in [0, 0.1) is 27.7 Å². The molecule has 5 heterocycles. The Labute approximate surface area is 663 Å². The Morgan fingerprint density at radius 2 is 0.513 bits per heavy atom. The third-order valence-electron chi connectivity index (χ3n) is 22.1. The van der Waals surface area contributed by atoms with Crippen LogP contribution in [0.5, 0.6) is 0 Å². The van der Waals surface area contributed by atoms with Gasteiger partial charge in [-0.15, -0.1) is 0 Å². The van der Waals surface area contributed by atoms with Crippen molar-refractivity contribution in [3.05, 3.63) is 417 Å². The Morgan fingerprint density at radius 3 is 0.991 bits per heavy atom. The zero-order valence-corrected chi connectivity index (χ0v) is 65.8. The molecule has 0 saturated heterocycles. The molecule has 5 aromatic heterocycles. The molecule has 0 saturated carbocycles. The van der Waals surface area contributed by atoms with Gasteiger partial charge in [0.15, 0.2) is 18.6 Å². The molecule has 5 heteroatoms. The molecule has 20 aromatic rings. The van der Waals surface area contributed by atoms with E-state index in [2.05, 4.69) is 480 Å². The van der Waals surface area contributed by atoms with Gasteiger partial charge >= 0.3 is 0 Å². The van der Waals surface area contributed by atoms with Crippen LogP contribution in [0.15, 0.2) is 395 Å². The molecule has 5 nitrogen and oxygen atoms in total. The molecule has 0 bridgehead atoms. The SMILES string of the molecule is C[n+]1c(-c2ccccc2)cc(-c2cccc3ccccc23)c2ccccc21.C[n+]1c(-c2ccccc2)cc(-c2ccccc2)c2ccccc21.C[n+]1cc(-c2cccc3ccccc23)cc2ccccc21.Cc1cc(C)c(-c2cc3ccccc3[n+](C)c2)c(C)c1.Cc1ccc2ccccc2c1-c1cc2ccccc2[n+](C)c1. The molecule has 0 atom stereocenters. The minimum atomic E-state index is 1.22. The van der Waals surface area contributed by atoms with Crippen LogP contribution in [-0.4, -0.2) is 0 Å². The molecule has 0 aliphatic rings. The first-order chi connectivity index (χ1) is 55.3. The molecule has 0 unspecified atom stereocenters. The predicted molar refractivity (Wildman–Crippen MR) is 475 cm³/mol. The molecule has 20 rings (SSSR count). The lowest BCUT2D eigenvalue weighted by molar-refractivity contribution is -0.644. The fraction of sp³-hybridized carbons (Fsp3) is 0.0833. The van der Waals surface area contributed by atoms with Crippen LogP contribution >= 0.6 is 0 Å². The van der Waals surface area contributed by atoms with E-state index < -0.39 is 0 Å². The smallest absolute Gasteiger partial charge is 0.200 e. The number of hydrogen-bond donors (Lipinski definition) is 0. The molecule has 0 radical (unpaired) electrons. The van der Waals surface area contributed by atoms with Crippen molar-refractivity contribution in [3.63, 3.8) is 0 Å². The van der Waals surface area contributed by atoms with Gasteiger partial charge in [0, 0.05) is 97.6 Å². The van der Waals surface area contributed by atoms with E-state index in [1.807, 2.05) is 0 Å². The van der Waals surface area contributed by atoms with Gasteiger partial charge in [0.1, 0.15) is 35.2 Å². The van der Waals surface area contributed by atoms with Crippen LogP contribution in [0.25, 0.3) is 165 Å². The summed E-state index contributed by atoms with van der Waals surface area (Å²) in [4.78, 5) is 0. The molecular weight excluding hydrogens is 1370 g/mol. The van der Waals surface area contributed by atoms with E-state index in [4.69, 9.17) is 0 Å². The molecule has 0 aliphatic heterocycles. The van der Waals surface area contributed by atoms with E-state index in [-0.39, 0.29) is 0 Å². The predicted octanol–water partition coefficient (Wildman–Crippen LogP) is 24.7. The van der Waals surface area contributed by atoms with Crippen molar-refractivity contribution < 1.29 is 22.8 Å². The maximum absolute atomic E-state index is 2.33. The first-order valence-electron chi connectivity index (χ1n) is 39.0. The molecule has 113 heavy (non-hydrogen) atoms. The Morgan fingerprint density at radius 1 is 0.186 bits per heavy atom. The average molecular weight is 1460 g/mol. The highest BCUT2D eigenvalue weighted by atomic mass is 14.9. The van der Waals surface area contributed by atoms with Crippen molar-refractivity contribution in [1.29, 1.82) is 0 Å². The van der Waals surface area contributed by atoms with Crippen molar-refractivity contribution in [2.45, 2.75) is 27.7 Å². The van der Waals surface area contributed by atoms with Gasteiger partial charge in [-0.1, -0.05) is 266 Å². The highest BCUT2D eigenvalue weighted by molar-refractivity contribution is 6.05. The summed E-state index contributed by atoms with van der Waals surface area (Å²) < 4.78 is 11.2. The maximum atomic E-state index is 2.33. The number of aromatic nitrogens is 5. The molecule has 544 valence electrons. The van der Waals surface area contributed by atoms with E-state index in [0.29, 0.717) is 0 Å². The molecule has 0 amide bonds. The minimum Gasteiger partial charge on any atom is -0.200 e.